The van der Waals surface area contributed by atoms with E-state index < -0.39 is 6.04 Å². The standard InChI is InChI=1S/C26H32Cl2N2O2S/c1-2-24(26(32)29-22-11-7-4-8-12-22)30(16-20-13-14-21(27)15-23(20)28)25(31)18-33-17-19-9-5-3-6-10-19/h3,5-6,9-10,13-15,22,24H,2,4,7-8,11-12,16-18H2,1H3,(H,29,32)/t24-/m1/s1. The maximum Gasteiger partial charge on any atom is 0.243 e. The van der Waals surface area contributed by atoms with Crippen molar-refractivity contribution in [3.05, 3.63) is 69.7 Å². The van der Waals surface area contributed by atoms with Gasteiger partial charge in [-0.2, -0.15) is 0 Å². The van der Waals surface area contributed by atoms with Crippen molar-refractivity contribution in [1.82, 2.24) is 10.2 Å². The first-order chi connectivity index (χ1) is 16.0. The Morgan fingerprint density at radius 3 is 2.48 bits per heavy atom. The monoisotopic (exact) mass is 506 g/mol. The quantitative estimate of drug-likeness (QED) is 0.400. The van der Waals surface area contributed by atoms with Crippen LogP contribution in [0.2, 0.25) is 10.0 Å². The summed E-state index contributed by atoms with van der Waals surface area (Å²) in [4.78, 5) is 28.3. The van der Waals surface area contributed by atoms with Gasteiger partial charge in [0.15, 0.2) is 0 Å². The molecule has 0 unspecified atom stereocenters. The highest BCUT2D eigenvalue weighted by Crippen LogP contribution is 2.25. The Morgan fingerprint density at radius 2 is 1.82 bits per heavy atom. The van der Waals surface area contributed by atoms with Crippen molar-refractivity contribution < 1.29 is 9.59 Å². The third-order valence-corrected chi connectivity index (χ3v) is 7.61. The van der Waals surface area contributed by atoms with Crippen molar-refractivity contribution in [3.63, 3.8) is 0 Å². The molecule has 7 heteroatoms. The van der Waals surface area contributed by atoms with Crippen molar-refractivity contribution in [1.29, 1.82) is 0 Å². The number of rotatable bonds is 10. The topological polar surface area (TPSA) is 49.4 Å². The molecular weight excluding hydrogens is 475 g/mol. The van der Waals surface area contributed by atoms with Crippen LogP contribution in [0.4, 0.5) is 0 Å². The molecule has 1 aliphatic carbocycles. The fourth-order valence-corrected chi connectivity index (χ4v) is 5.55. The lowest BCUT2D eigenvalue weighted by Crippen LogP contribution is -2.52. The van der Waals surface area contributed by atoms with Gasteiger partial charge in [0.25, 0.3) is 0 Å². The van der Waals surface area contributed by atoms with Crippen LogP contribution < -0.4 is 5.32 Å². The second kappa shape index (κ2) is 13.3. The summed E-state index contributed by atoms with van der Waals surface area (Å²) >= 11 is 14.0. The predicted molar refractivity (Wildman–Crippen MR) is 139 cm³/mol. The molecule has 1 aliphatic rings. The lowest BCUT2D eigenvalue weighted by molar-refractivity contribution is -0.139. The third-order valence-electron chi connectivity index (χ3n) is 6.03. The smallest absolute Gasteiger partial charge is 0.243 e. The largest absolute Gasteiger partial charge is 0.352 e. The average molecular weight is 508 g/mol. The minimum Gasteiger partial charge on any atom is -0.352 e. The molecule has 0 spiro atoms. The number of hydrogen-bond acceptors (Lipinski definition) is 3. The molecule has 1 fully saturated rings. The van der Waals surface area contributed by atoms with Crippen molar-refractivity contribution in [3.8, 4) is 0 Å². The summed E-state index contributed by atoms with van der Waals surface area (Å²) in [6.07, 6.45) is 6.06. The van der Waals surface area contributed by atoms with E-state index in [4.69, 9.17) is 23.2 Å². The Kier molecular flexibility index (Phi) is 10.4. The summed E-state index contributed by atoms with van der Waals surface area (Å²) in [6, 6.07) is 15.0. The number of nitrogens with zero attached hydrogens (tertiary/aromatic N) is 1. The van der Waals surface area contributed by atoms with Crippen LogP contribution in [-0.4, -0.2) is 34.6 Å². The van der Waals surface area contributed by atoms with E-state index in [1.165, 1.54) is 12.0 Å². The number of halogens is 2. The highest BCUT2D eigenvalue weighted by Gasteiger charge is 2.30. The van der Waals surface area contributed by atoms with Crippen LogP contribution in [-0.2, 0) is 21.9 Å². The number of amides is 2. The molecule has 4 nitrogen and oxygen atoms in total. The molecule has 2 amide bonds. The van der Waals surface area contributed by atoms with Gasteiger partial charge < -0.3 is 10.2 Å². The molecule has 1 saturated carbocycles. The van der Waals surface area contributed by atoms with E-state index >= 15 is 0 Å². The van der Waals surface area contributed by atoms with Gasteiger partial charge in [-0.15, -0.1) is 11.8 Å². The van der Waals surface area contributed by atoms with Crippen LogP contribution in [0.15, 0.2) is 48.5 Å². The SMILES string of the molecule is CC[C@H](C(=O)NC1CCCCC1)N(Cc1ccc(Cl)cc1Cl)C(=O)CSCc1ccccc1. The summed E-state index contributed by atoms with van der Waals surface area (Å²) in [5, 5.41) is 4.25. The first-order valence-electron chi connectivity index (χ1n) is 11.6. The predicted octanol–water partition coefficient (Wildman–Crippen LogP) is 6.48. The molecule has 2 aromatic carbocycles. The number of hydrogen-bond donors (Lipinski definition) is 1. The average Bonchev–Trinajstić information content (AvgIpc) is 2.81. The number of carbonyl (C=O) groups is 2. The van der Waals surface area contributed by atoms with E-state index in [1.54, 1.807) is 28.8 Å². The van der Waals surface area contributed by atoms with Crippen LogP contribution in [0.3, 0.4) is 0 Å². The number of nitrogens with one attached hydrogen (secondary N) is 1. The Labute approximate surface area is 211 Å². The number of benzene rings is 2. The molecule has 0 bridgehead atoms. The fourth-order valence-electron chi connectivity index (χ4n) is 4.21. The zero-order valence-corrected chi connectivity index (χ0v) is 21.4. The van der Waals surface area contributed by atoms with Gasteiger partial charge in [-0.05, 0) is 42.5 Å². The van der Waals surface area contributed by atoms with Gasteiger partial charge in [-0.3, -0.25) is 9.59 Å². The fraction of sp³-hybridized carbons (Fsp3) is 0.462. The summed E-state index contributed by atoms with van der Waals surface area (Å²) in [6.45, 7) is 2.23. The summed E-state index contributed by atoms with van der Waals surface area (Å²) < 4.78 is 0. The lowest BCUT2D eigenvalue weighted by Gasteiger charge is -2.33. The molecule has 0 aromatic heterocycles. The van der Waals surface area contributed by atoms with Gasteiger partial charge in [0.05, 0.1) is 5.75 Å². The van der Waals surface area contributed by atoms with E-state index in [1.807, 2.05) is 31.2 Å². The number of thioether (sulfide) groups is 1. The van der Waals surface area contributed by atoms with Crippen LogP contribution in [0.25, 0.3) is 0 Å². The molecule has 178 valence electrons. The van der Waals surface area contributed by atoms with E-state index in [0.717, 1.165) is 37.0 Å². The Balaban J connectivity index is 1.73. The van der Waals surface area contributed by atoms with Crippen molar-refractivity contribution in [2.24, 2.45) is 0 Å². The molecule has 0 heterocycles. The lowest BCUT2D eigenvalue weighted by atomic mass is 9.95. The third kappa shape index (κ3) is 7.94. The minimum atomic E-state index is -0.538. The zero-order valence-electron chi connectivity index (χ0n) is 19.1. The zero-order chi connectivity index (χ0) is 23.6. The Morgan fingerprint density at radius 1 is 1.09 bits per heavy atom. The Bertz CT molecular complexity index is 920. The van der Waals surface area contributed by atoms with Gasteiger partial charge in [0, 0.05) is 28.4 Å². The first kappa shape index (κ1) is 25.9. The molecule has 0 saturated heterocycles. The van der Waals surface area contributed by atoms with Gasteiger partial charge in [-0.1, -0.05) is 85.8 Å². The van der Waals surface area contributed by atoms with Gasteiger partial charge in [-0.25, -0.2) is 0 Å². The summed E-state index contributed by atoms with van der Waals surface area (Å²) in [7, 11) is 0. The van der Waals surface area contributed by atoms with E-state index in [0.29, 0.717) is 22.2 Å². The normalized spacial score (nSPS) is 15.1. The van der Waals surface area contributed by atoms with E-state index in [2.05, 4.69) is 17.4 Å². The molecule has 2 aromatic rings. The molecule has 33 heavy (non-hydrogen) atoms. The maximum absolute atomic E-state index is 13.4. The second-order valence-corrected chi connectivity index (χ2v) is 10.3. The van der Waals surface area contributed by atoms with Crippen LogP contribution >= 0.6 is 35.0 Å². The maximum atomic E-state index is 13.4. The van der Waals surface area contributed by atoms with Crippen molar-refractivity contribution >= 4 is 46.8 Å². The molecule has 1 N–H and O–H groups in total. The van der Waals surface area contributed by atoms with Crippen LogP contribution in [0.5, 0.6) is 0 Å². The van der Waals surface area contributed by atoms with Crippen LogP contribution in [0.1, 0.15) is 56.6 Å². The highest BCUT2D eigenvalue weighted by molar-refractivity contribution is 7.99. The molecule has 0 aliphatic heterocycles. The highest BCUT2D eigenvalue weighted by atomic mass is 35.5. The van der Waals surface area contributed by atoms with Gasteiger partial charge >= 0.3 is 0 Å². The summed E-state index contributed by atoms with van der Waals surface area (Å²) in [5.41, 5.74) is 1.95. The van der Waals surface area contributed by atoms with E-state index in [-0.39, 0.29) is 24.4 Å². The first-order valence-corrected chi connectivity index (χ1v) is 13.5. The van der Waals surface area contributed by atoms with Gasteiger partial charge in [0.1, 0.15) is 6.04 Å². The van der Waals surface area contributed by atoms with Crippen LogP contribution in [0, 0.1) is 0 Å². The van der Waals surface area contributed by atoms with Crippen molar-refractivity contribution in [2.75, 3.05) is 5.75 Å². The van der Waals surface area contributed by atoms with Gasteiger partial charge in [0.2, 0.25) is 11.8 Å². The Hall–Kier alpha value is -1.69. The van der Waals surface area contributed by atoms with E-state index in [9.17, 15) is 9.59 Å². The number of carbonyl (C=O) groups excluding carboxylic acids is 2. The molecule has 3 rings (SSSR count). The summed E-state index contributed by atoms with van der Waals surface area (Å²) in [5.74, 6) is 0.906. The second-order valence-electron chi connectivity index (χ2n) is 8.50. The van der Waals surface area contributed by atoms with Crippen molar-refractivity contribution in [2.45, 2.75) is 69.8 Å². The molecule has 0 radical (unpaired) electrons. The molecule has 1 atom stereocenters. The minimum absolute atomic E-state index is 0.0624. The molecular formula is C26H32Cl2N2O2S.